The lowest BCUT2D eigenvalue weighted by atomic mass is 9.72. The van der Waals surface area contributed by atoms with E-state index in [4.69, 9.17) is 4.74 Å². The van der Waals surface area contributed by atoms with E-state index in [1.165, 1.54) is 18.4 Å². The number of methoxy groups -OCH3 is 1. The molecule has 2 nitrogen and oxygen atoms in total. The third-order valence-electron chi connectivity index (χ3n) is 5.12. The minimum Gasteiger partial charge on any atom is -0.497 e. The molecule has 0 bridgehead atoms. The van der Waals surface area contributed by atoms with Crippen LogP contribution in [0.4, 0.5) is 0 Å². The lowest BCUT2D eigenvalue weighted by Gasteiger charge is -2.30. The first-order chi connectivity index (χ1) is 9.73. The molecule has 2 aliphatic carbocycles. The normalized spacial score (nSPS) is 23.7. The van der Waals surface area contributed by atoms with E-state index >= 15 is 0 Å². The quantitative estimate of drug-likeness (QED) is 0.766. The summed E-state index contributed by atoms with van der Waals surface area (Å²) in [5.74, 6) is 1.24. The molecule has 0 N–H and O–H groups in total. The molecular weight excluding hydrogens is 248 g/mol. The standard InChI is InChI=1S/C18H22O2/c1-3-4-7-16-17(19)14-12-13(20-2)8-9-15(14)18(16)10-5-6-11-18/h3-4,8-9,12,16H,5-7,10-11H2,1-2H3/b4-3+. The first-order valence-corrected chi connectivity index (χ1v) is 7.57. The third-order valence-corrected chi connectivity index (χ3v) is 5.12. The summed E-state index contributed by atoms with van der Waals surface area (Å²) in [6, 6.07) is 6.07. The summed E-state index contributed by atoms with van der Waals surface area (Å²) in [5.41, 5.74) is 2.27. The predicted molar refractivity (Wildman–Crippen MR) is 80.4 cm³/mol. The predicted octanol–water partition coefficient (Wildman–Crippen LogP) is 4.29. The van der Waals surface area contributed by atoms with E-state index in [9.17, 15) is 4.79 Å². The molecule has 20 heavy (non-hydrogen) atoms. The van der Waals surface area contributed by atoms with Crippen molar-refractivity contribution in [2.75, 3.05) is 7.11 Å². The number of ketones is 1. The Morgan fingerprint density at radius 3 is 2.75 bits per heavy atom. The molecule has 106 valence electrons. The Balaban J connectivity index is 2.09. The number of fused-ring (bicyclic) bond motifs is 2. The van der Waals surface area contributed by atoms with Gasteiger partial charge in [-0.3, -0.25) is 4.79 Å². The van der Waals surface area contributed by atoms with Crippen LogP contribution in [0.25, 0.3) is 0 Å². The van der Waals surface area contributed by atoms with Gasteiger partial charge in [0, 0.05) is 16.9 Å². The van der Waals surface area contributed by atoms with E-state index < -0.39 is 0 Å². The molecule has 1 unspecified atom stereocenters. The molecule has 1 spiro atoms. The second kappa shape index (κ2) is 5.08. The molecule has 0 saturated heterocycles. The Hall–Kier alpha value is -1.57. The summed E-state index contributed by atoms with van der Waals surface area (Å²) < 4.78 is 5.29. The maximum atomic E-state index is 12.8. The number of carbonyl (C=O) groups is 1. The van der Waals surface area contributed by atoms with Crippen molar-refractivity contribution in [1.82, 2.24) is 0 Å². The van der Waals surface area contributed by atoms with Gasteiger partial charge in [-0.15, -0.1) is 0 Å². The highest BCUT2D eigenvalue weighted by Gasteiger charge is 2.52. The van der Waals surface area contributed by atoms with Crippen molar-refractivity contribution in [3.63, 3.8) is 0 Å². The van der Waals surface area contributed by atoms with Crippen LogP contribution in [0.3, 0.4) is 0 Å². The van der Waals surface area contributed by atoms with Crippen LogP contribution in [0.5, 0.6) is 5.75 Å². The monoisotopic (exact) mass is 270 g/mol. The van der Waals surface area contributed by atoms with E-state index in [-0.39, 0.29) is 11.3 Å². The average molecular weight is 270 g/mol. The first-order valence-electron chi connectivity index (χ1n) is 7.57. The number of rotatable bonds is 3. The van der Waals surface area contributed by atoms with Crippen molar-refractivity contribution < 1.29 is 9.53 Å². The highest BCUT2D eigenvalue weighted by Crippen LogP contribution is 2.55. The van der Waals surface area contributed by atoms with Crippen LogP contribution in [-0.4, -0.2) is 12.9 Å². The number of carbonyl (C=O) groups excluding carboxylic acids is 1. The van der Waals surface area contributed by atoms with Gasteiger partial charge in [0.05, 0.1) is 7.11 Å². The molecule has 0 aliphatic heterocycles. The molecule has 2 heteroatoms. The van der Waals surface area contributed by atoms with Gasteiger partial charge in [0.2, 0.25) is 0 Å². The summed E-state index contributed by atoms with van der Waals surface area (Å²) in [7, 11) is 1.66. The zero-order chi connectivity index (χ0) is 14.2. The van der Waals surface area contributed by atoms with Gasteiger partial charge in [-0.2, -0.15) is 0 Å². The van der Waals surface area contributed by atoms with Crippen LogP contribution in [-0.2, 0) is 5.41 Å². The van der Waals surface area contributed by atoms with Gasteiger partial charge in [-0.25, -0.2) is 0 Å². The largest absolute Gasteiger partial charge is 0.497 e. The Bertz CT molecular complexity index is 551. The Labute approximate surface area is 120 Å². The molecule has 2 aliphatic rings. The van der Waals surface area contributed by atoms with Gasteiger partial charge in [0.15, 0.2) is 5.78 Å². The molecule has 1 aromatic carbocycles. The molecule has 1 fully saturated rings. The second-order valence-electron chi connectivity index (χ2n) is 6.00. The molecular formula is C18H22O2. The lowest BCUT2D eigenvalue weighted by Crippen LogP contribution is -2.30. The lowest BCUT2D eigenvalue weighted by molar-refractivity contribution is 0.0885. The van der Waals surface area contributed by atoms with Crippen LogP contribution in [0.1, 0.15) is 54.9 Å². The van der Waals surface area contributed by atoms with Crippen molar-refractivity contribution in [3.05, 3.63) is 41.5 Å². The maximum absolute atomic E-state index is 12.8. The average Bonchev–Trinajstić information content (AvgIpc) is 3.04. The number of benzene rings is 1. The SMILES string of the molecule is C/C=C/CC1C(=O)c2cc(OC)ccc2C12CCCC2. The van der Waals surface area contributed by atoms with Gasteiger partial charge in [-0.05, 0) is 43.9 Å². The molecule has 1 aromatic rings. The topological polar surface area (TPSA) is 26.3 Å². The summed E-state index contributed by atoms with van der Waals surface area (Å²) >= 11 is 0. The summed E-state index contributed by atoms with van der Waals surface area (Å²) in [6.45, 7) is 2.02. The summed E-state index contributed by atoms with van der Waals surface area (Å²) in [5, 5.41) is 0. The van der Waals surface area contributed by atoms with Gasteiger partial charge in [0.1, 0.15) is 5.75 Å². The highest BCUT2D eigenvalue weighted by atomic mass is 16.5. The van der Waals surface area contributed by atoms with E-state index in [0.29, 0.717) is 5.78 Å². The Kier molecular flexibility index (Phi) is 3.41. The van der Waals surface area contributed by atoms with Crippen LogP contribution in [0.2, 0.25) is 0 Å². The molecule has 0 aromatic heterocycles. The summed E-state index contributed by atoms with van der Waals surface area (Å²) in [4.78, 5) is 12.8. The van der Waals surface area contributed by atoms with Crippen molar-refractivity contribution in [2.24, 2.45) is 5.92 Å². The van der Waals surface area contributed by atoms with Crippen molar-refractivity contribution in [2.45, 2.75) is 44.4 Å². The number of hydrogen-bond acceptors (Lipinski definition) is 2. The van der Waals surface area contributed by atoms with E-state index in [1.54, 1.807) is 7.11 Å². The fraction of sp³-hybridized carbons (Fsp3) is 0.500. The van der Waals surface area contributed by atoms with Gasteiger partial charge < -0.3 is 4.74 Å². The van der Waals surface area contributed by atoms with Gasteiger partial charge >= 0.3 is 0 Å². The van der Waals surface area contributed by atoms with Crippen molar-refractivity contribution in [3.8, 4) is 5.75 Å². The second-order valence-corrected chi connectivity index (χ2v) is 6.00. The number of Topliss-reactive ketones (excluding diaryl/α,β-unsaturated/α-hetero) is 1. The zero-order valence-electron chi connectivity index (χ0n) is 12.3. The fourth-order valence-electron chi connectivity index (χ4n) is 4.14. The number of allylic oxidation sites excluding steroid dienone is 2. The summed E-state index contributed by atoms with van der Waals surface area (Å²) in [6.07, 6.45) is 9.86. The Morgan fingerprint density at radius 2 is 2.10 bits per heavy atom. The maximum Gasteiger partial charge on any atom is 0.167 e. The zero-order valence-corrected chi connectivity index (χ0v) is 12.3. The van der Waals surface area contributed by atoms with Gasteiger partial charge in [0.25, 0.3) is 0 Å². The van der Waals surface area contributed by atoms with Crippen LogP contribution in [0.15, 0.2) is 30.4 Å². The van der Waals surface area contributed by atoms with E-state index in [2.05, 4.69) is 18.2 Å². The molecule has 1 atom stereocenters. The Morgan fingerprint density at radius 1 is 1.35 bits per heavy atom. The molecule has 0 amide bonds. The smallest absolute Gasteiger partial charge is 0.167 e. The first kappa shape index (κ1) is 13.4. The van der Waals surface area contributed by atoms with Crippen LogP contribution < -0.4 is 4.74 Å². The minimum atomic E-state index is 0.0954. The van der Waals surface area contributed by atoms with Crippen molar-refractivity contribution in [1.29, 1.82) is 0 Å². The van der Waals surface area contributed by atoms with Crippen LogP contribution in [0, 0.1) is 5.92 Å². The molecule has 3 rings (SSSR count). The number of hydrogen-bond donors (Lipinski definition) is 0. The highest BCUT2D eigenvalue weighted by molar-refractivity contribution is 6.04. The van der Waals surface area contributed by atoms with E-state index in [1.807, 2.05) is 19.1 Å². The third kappa shape index (κ3) is 1.81. The van der Waals surface area contributed by atoms with Gasteiger partial charge in [-0.1, -0.05) is 31.1 Å². The minimum absolute atomic E-state index is 0.0954. The van der Waals surface area contributed by atoms with Crippen molar-refractivity contribution >= 4 is 5.78 Å². The molecule has 0 radical (unpaired) electrons. The fourth-order valence-corrected chi connectivity index (χ4v) is 4.14. The molecule has 1 saturated carbocycles. The number of ether oxygens (including phenoxy) is 1. The van der Waals surface area contributed by atoms with E-state index in [0.717, 1.165) is 30.6 Å². The van der Waals surface area contributed by atoms with Crippen LogP contribution >= 0.6 is 0 Å². The molecule has 0 heterocycles.